The molecule has 1 aromatic carbocycles. The molecule has 0 saturated heterocycles. The third-order valence-electron chi connectivity index (χ3n) is 1.65. The lowest BCUT2D eigenvalue weighted by molar-refractivity contribution is -0.185. The summed E-state index contributed by atoms with van der Waals surface area (Å²) in [6, 6.07) is 7.20. The second kappa shape index (κ2) is 3.57. The standard InChI is InChI=1S/C9H8O5/c10-7(9(13,14)8(11)12)6-4-2-1-3-5-6/h1-5,13-14H,(H,11,12). The molecule has 1 aromatic rings. The minimum absolute atomic E-state index is 0.0695. The van der Waals surface area contributed by atoms with Gasteiger partial charge in [0.05, 0.1) is 0 Å². The summed E-state index contributed by atoms with van der Waals surface area (Å²) < 4.78 is 0. The van der Waals surface area contributed by atoms with Crippen LogP contribution in [0.5, 0.6) is 0 Å². The fourth-order valence-electron chi connectivity index (χ4n) is 0.888. The number of carboxylic acid groups (broad SMARTS) is 1. The van der Waals surface area contributed by atoms with Gasteiger partial charge in [-0.15, -0.1) is 0 Å². The molecule has 0 spiro atoms. The van der Waals surface area contributed by atoms with E-state index in [1.807, 2.05) is 0 Å². The molecular weight excluding hydrogens is 188 g/mol. The fraction of sp³-hybridized carbons (Fsp3) is 0.111. The molecule has 14 heavy (non-hydrogen) atoms. The molecule has 0 aromatic heterocycles. The Morgan fingerprint density at radius 2 is 1.57 bits per heavy atom. The van der Waals surface area contributed by atoms with Crippen LogP contribution in [0.3, 0.4) is 0 Å². The van der Waals surface area contributed by atoms with Gasteiger partial charge in [-0.25, -0.2) is 4.79 Å². The summed E-state index contributed by atoms with van der Waals surface area (Å²) in [5.74, 6) is -6.61. The molecule has 0 aliphatic carbocycles. The first kappa shape index (κ1) is 10.4. The number of benzene rings is 1. The Balaban J connectivity index is 3.03. The van der Waals surface area contributed by atoms with Gasteiger partial charge in [0.2, 0.25) is 5.78 Å². The molecule has 0 saturated carbocycles. The number of aliphatic carboxylic acids is 1. The summed E-state index contributed by atoms with van der Waals surface area (Å²) >= 11 is 0. The monoisotopic (exact) mass is 196 g/mol. The number of carbonyl (C=O) groups is 2. The maximum absolute atomic E-state index is 11.2. The molecule has 5 nitrogen and oxygen atoms in total. The Morgan fingerprint density at radius 3 is 2.00 bits per heavy atom. The largest absolute Gasteiger partial charge is 0.477 e. The van der Waals surface area contributed by atoms with E-state index in [0.717, 1.165) is 0 Å². The van der Waals surface area contributed by atoms with Crippen LogP contribution in [0.4, 0.5) is 0 Å². The van der Waals surface area contributed by atoms with Crippen LogP contribution in [0.15, 0.2) is 30.3 Å². The number of aliphatic hydroxyl groups is 2. The number of rotatable bonds is 3. The molecule has 0 amide bonds. The topological polar surface area (TPSA) is 94.8 Å². The predicted octanol–water partition coefficient (Wildman–Crippen LogP) is -0.365. The van der Waals surface area contributed by atoms with Gasteiger partial charge in [0.15, 0.2) is 0 Å². The molecule has 0 atom stereocenters. The molecular formula is C9H8O5. The van der Waals surface area contributed by atoms with Crippen molar-refractivity contribution in [2.24, 2.45) is 0 Å². The first-order valence-electron chi connectivity index (χ1n) is 3.74. The van der Waals surface area contributed by atoms with E-state index in [4.69, 9.17) is 15.3 Å². The highest BCUT2D eigenvalue weighted by atomic mass is 16.5. The smallest absolute Gasteiger partial charge is 0.372 e. The number of carboxylic acids is 1. The number of hydrogen-bond donors (Lipinski definition) is 3. The third kappa shape index (κ3) is 1.78. The molecule has 0 aliphatic heterocycles. The Hall–Kier alpha value is -1.72. The molecule has 0 heterocycles. The highest BCUT2D eigenvalue weighted by Crippen LogP contribution is 2.10. The van der Waals surface area contributed by atoms with E-state index in [-0.39, 0.29) is 5.56 Å². The minimum Gasteiger partial charge on any atom is -0.477 e. The van der Waals surface area contributed by atoms with Gasteiger partial charge >= 0.3 is 11.8 Å². The third-order valence-corrected chi connectivity index (χ3v) is 1.65. The van der Waals surface area contributed by atoms with Crippen molar-refractivity contribution in [3.63, 3.8) is 0 Å². The lowest BCUT2D eigenvalue weighted by Gasteiger charge is -2.14. The van der Waals surface area contributed by atoms with Crippen molar-refractivity contribution in [2.75, 3.05) is 0 Å². The van der Waals surface area contributed by atoms with Gasteiger partial charge in [-0.05, 0) is 0 Å². The van der Waals surface area contributed by atoms with Crippen molar-refractivity contribution < 1.29 is 24.9 Å². The van der Waals surface area contributed by atoms with Gasteiger partial charge in [0.25, 0.3) is 0 Å². The fourth-order valence-corrected chi connectivity index (χ4v) is 0.888. The van der Waals surface area contributed by atoms with Crippen molar-refractivity contribution in [3.8, 4) is 0 Å². The molecule has 74 valence electrons. The normalized spacial score (nSPS) is 11.0. The van der Waals surface area contributed by atoms with E-state index >= 15 is 0 Å². The minimum atomic E-state index is -3.36. The number of Topliss-reactive ketones (excluding diaryl/α,β-unsaturated/α-hetero) is 1. The summed E-state index contributed by atoms with van der Waals surface area (Å²) in [5, 5.41) is 26.2. The lowest BCUT2D eigenvalue weighted by atomic mass is 10.0. The van der Waals surface area contributed by atoms with E-state index in [9.17, 15) is 9.59 Å². The van der Waals surface area contributed by atoms with Crippen LogP contribution in [0.25, 0.3) is 0 Å². The highest BCUT2D eigenvalue weighted by Gasteiger charge is 2.42. The summed E-state index contributed by atoms with van der Waals surface area (Å²) in [7, 11) is 0. The molecule has 0 fully saturated rings. The number of hydrogen-bond acceptors (Lipinski definition) is 4. The second-order valence-corrected chi connectivity index (χ2v) is 2.67. The van der Waals surface area contributed by atoms with Crippen LogP contribution >= 0.6 is 0 Å². The molecule has 5 heteroatoms. The zero-order valence-electron chi connectivity index (χ0n) is 7.04. The molecule has 0 radical (unpaired) electrons. The summed E-state index contributed by atoms with van der Waals surface area (Å²) in [6.45, 7) is 0. The zero-order chi connectivity index (χ0) is 10.8. The zero-order valence-corrected chi connectivity index (χ0v) is 7.04. The average molecular weight is 196 g/mol. The molecule has 0 bridgehead atoms. The van der Waals surface area contributed by atoms with Crippen LogP contribution in [-0.4, -0.2) is 32.9 Å². The van der Waals surface area contributed by atoms with Gasteiger partial charge in [-0.2, -0.15) is 0 Å². The lowest BCUT2D eigenvalue weighted by Crippen LogP contribution is -2.46. The molecule has 1 rings (SSSR count). The highest BCUT2D eigenvalue weighted by molar-refractivity contribution is 6.12. The maximum atomic E-state index is 11.2. The van der Waals surface area contributed by atoms with Crippen molar-refractivity contribution in [2.45, 2.75) is 5.79 Å². The Bertz CT molecular complexity index is 355. The Labute approximate surface area is 79.2 Å². The average Bonchev–Trinajstić information content (AvgIpc) is 2.17. The number of ketones is 1. The van der Waals surface area contributed by atoms with E-state index < -0.39 is 17.5 Å². The Morgan fingerprint density at radius 1 is 1.07 bits per heavy atom. The molecule has 3 N–H and O–H groups in total. The summed E-state index contributed by atoms with van der Waals surface area (Å²) in [4.78, 5) is 21.5. The van der Waals surface area contributed by atoms with Crippen LogP contribution in [0, 0.1) is 0 Å². The molecule has 0 unspecified atom stereocenters. The van der Waals surface area contributed by atoms with Gasteiger partial charge < -0.3 is 15.3 Å². The van der Waals surface area contributed by atoms with Gasteiger partial charge in [0.1, 0.15) is 0 Å². The van der Waals surface area contributed by atoms with Gasteiger partial charge in [0, 0.05) is 5.56 Å². The van der Waals surface area contributed by atoms with Crippen LogP contribution in [-0.2, 0) is 4.79 Å². The van der Waals surface area contributed by atoms with Crippen molar-refractivity contribution in [3.05, 3.63) is 35.9 Å². The SMILES string of the molecule is O=C(O)C(O)(O)C(=O)c1ccccc1. The van der Waals surface area contributed by atoms with Crippen molar-refractivity contribution in [1.82, 2.24) is 0 Å². The van der Waals surface area contributed by atoms with E-state index in [2.05, 4.69) is 0 Å². The van der Waals surface area contributed by atoms with Crippen LogP contribution in [0.2, 0.25) is 0 Å². The Kier molecular flexibility index (Phi) is 2.64. The van der Waals surface area contributed by atoms with Crippen LogP contribution < -0.4 is 0 Å². The summed E-state index contributed by atoms with van der Waals surface area (Å²) in [5.41, 5.74) is -0.0695. The second-order valence-electron chi connectivity index (χ2n) is 2.67. The maximum Gasteiger partial charge on any atom is 0.372 e. The van der Waals surface area contributed by atoms with Crippen molar-refractivity contribution in [1.29, 1.82) is 0 Å². The first-order valence-corrected chi connectivity index (χ1v) is 3.74. The van der Waals surface area contributed by atoms with Crippen LogP contribution in [0.1, 0.15) is 10.4 Å². The summed E-state index contributed by atoms with van der Waals surface area (Å²) in [6.07, 6.45) is 0. The molecule has 0 aliphatic rings. The van der Waals surface area contributed by atoms with Gasteiger partial charge in [-0.1, -0.05) is 30.3 Å². The van der Waals surface area contributed by atoms with Gasteiger partial charge in [-0.3, -0.25) is 4.79 Å². The van der Waals surface area contributed by atoms with E-state index in [1.165, 1.54) is 24.3 Å². The number of carbonyl (C=O) groups excluding carboxylic acids is 1. The van der Waals surface area contributed by atoms with E-state index in [0.29, 0.717) is 0 Å². The quantitative estimate of drug-likeness (QED) is 0.348. The first-order chi connectivity index (χ1) is 6.46. The van der Waals surface area contributed by atoms with E-state index in [1.54, 1.807) is 6.07 Å². The van der Waals surface area contributed by atoms with Crippen molar-refractivity contribution >= 4 is 11.8 Å². The predicted molar refractivity (Wildman–Crippen MR) is 45.6 cm³/mol.